The van der Waals surface area contributed by atoms with E-state index in [1.165, 1.54) is 12.1 Å². The Morgan fingerprint density at radius 1 is 1.30 bits per heavy atom. The Morgan fingerprint density at radius 3 is 2.50 bits per heavy atom. The van der Waals surface area contributed by atoms with E-state index in [0.29, 0.717) is 23.4 Å². The van der Waals surface area contributed by atoms with Gasteiger partial charge in [0.2, 0.25) is 0 Å². The monoisotopic (exact) mass is 339 g/mol. The Balaban J connectivity index is 2.10. The number of nitrogens with one attached hydrogen (secondary N) is 1. The highest BCUT2D eigenvalue weighted by atomic mass is 35.5. The van der Waals surface area contributed by atoms with Crippen LogP contribution < -0.4 is 5.32 Å². The van der Waals surface area contributed by atoms with Crippen molar-refractivity contribution in [2.24, 2.45) is 0 Å². The highest BCUT2D eigenvalue weighted by Gasteiger charge is 2.26. The molecule has 0 spiro atoms. The SMILES string of the molecule is CC(NC1CCS(=O)(=O)CC1)c1c(Cl)ccc(F)c1Cl. The van der Waals surface area contributed by atoms with Gasteiger partial charge in [0.1, 0.15) is 15.7 Å². The van der Waals surface area contributed by atoms with Crippen LogP contribution in [-0.2, 0) is 9.84 Å². The van der Waals surface area contributed by atoms with Gasteiger partial charge in [-0.2, -0.15) is 0 Å². The fourth-order valence-corrected chi connectivity index (χ4v) is 4.62. The molecule has 20 heavy (non-hydrogen) atoms. The lowest BCUT2D eigenvalue weighted by atomic mass is 10.0. The molecule has 1 fully saturated rings. The summed E-state index contributed by atoms with van der Waals surface area (Å²) in [6.45, 7) is 1.84. The topological polar surface area (TPSA) is 46.2 Å². The molecule has 0 amide bonds. The molecule has 1 aliphatic rings. The van der Waals surface area contributed by atoms with Crippen molar-refractivity contribution in [2.75, 3.05) is 11.5 Å². The molecule has 7 heteroatoms. The average Bonchev–Trinajstić information content (AvgIpc) is 2.37. The molecule has 0 bridgehead atoms. The Hall–Kier alpha value is -0.360. The van der Waals surface area contributed by atoms with Crippen molar-refractivity contribution in [1.29, 1.82) is 0 Å². The molecular formula is C13H16Cl2FNO2S. The molecule has 0 saturated carbocycles. The van der Waals surface area contributed by atoms with Crippen molar-refractivity contribution in [3.63, 3.8) is 0 Å². The molecule has 1 aromatic rings. The summed E-state index contributed by atoms with van der Waals surface area (Å²) in [7, 11) is -2.89. The van der Waals surface area contributed by atoms with Gasteiger partial charge in [-0.15, -0.1) is 0 Å². The first kappa shape index (κ1) is 16.0. The second-order valence-electron chi connectivity index (χ2n) is 5.07. The molecule has 1 saturated heterocycles. The summed E-state index contributed by atoms with van der Waals surface area (Å²) in [5.74, 6) is -0.143. The van der Waals surface area contributed by atoms with Crippen molar-refractivity contribution in [2.45, 2.75) is 31.8 Å². The van der Waals surface area contributed by atoms with E-state index in [2.05, 4.69) is 5.32 Å². The van der Waals surface area contributed by atoms with E-state index < -0.39 is 15.7 Å². The van der Waals surface area contributed by atoms with E-state index >= 15 is 0 Å². The summed E-state index contributed by atoms with van der Waals surface area (Å²) in [4.78, 5) is 0. The minimum absolute atomic E-state index is 0.0148. The maximum atomic E-state index is 13.5. The van der Waals surface area contributed by atoms with Gasteiger partial charge in [-0.1, -0.05) is 23.2 Å². The van der Waals surface area contributed by atoms with Crippen molar-refractivity contribution in [3.8, 4) is 0 Å². The summed E-state index contributed by atoms with van der Waals surface area (Å²) in [6.07, 6.45) is 1.11. The Kier molecular flexibility index (Phi) is 4.95. The molecule has 1 unspecified atom stereocenters. The van der Waals surface area contributed by atoms with E-state index in [1.807, 2.05) is 6.92 Å². The molecule has 2 rings (SSSR count). The average molecular weight is 340 g/mol. The van der Waals surface area contributed by atoms with Gasteiger partial charge in [0.15, 0.2) is 0 Å². The fraction of sp³-hybridized carbons (Fsp3) is 0.538. The standard InChI is InChI=1S/C13H16Cl2FNO2S/c1-8(12-10(14)2-3-11(16)13(12)15)17-9-4-6-20(18,19)7-5-9/h2-3,8-9,17H,4-7H2,1H3. The maximum absolute atomic E-state index is 13.5. The van der Waals surface area contributed by atoms with Gasteiger partial charge in [-0.3, -0.25) is 0 Å². The number of sulfone groups is 1. The lowest BCUT2D eigenvalue weighted by Crippen LogP contribution is -2.38. The Morgan fingerprint density at radius 2 is 1.90 bits per heavy atom. The van der Waals surface area contributed by atoms with Crippen molar-refractivity contribution in [1.82, 2.24) is 5.32 Å². The predicted molar refractivity (Wildman–Crippen MR) is 79.6 cm³/mol. The van der Waals surface area contributed by atoms with Crippen LogP contribution >= 0.6 is 23.2 Å². The highest BCUT2D eigenvalue weighted by Crippen LogP contribution is 2.33. The largest absolute Gasteiger partial charge is 0.307 e. The molecule has 1 N–H and O–H groups in total. The molecule has 112 valence electrons. The van der Waals surface area contributed by atoms with Crippen molar-refractivity contribution >= 4 is 33.0 Å². The van der Waals surface area contributed by atoms with Gasteiger partial charge in [0.05, 0.1) is 16.5 Å². The zero-order valence-electron chi connectivity index (χ0n) is 11.0. The van der Waals surface area contributed by atoms with Gasteiger partial charge in [-0.25, -0.2) is 12.8 Å². The molecule has 0 radical (unpaired) electrons. The second kappa shape index (κ2) is 6.18. The fourth-order valence-electron chi connectivity index (χ4n) is 2.43. The summed E-state index contributed by atoms with van der Waals surface area (Å²) < 4.78 is 36.3. The van der Waals surface area contributed by atoms with Crippen LogP contribution in [0.2, 0.25) is 10.0 Å². The van der Waals surface area contributed by atoms with Gasteiger partial charge in [0.25, 0.3) is 0 Å². The lowest BCUT2D eigenvalue weighted by Gasteiger charge is -2.27. The zero-order chi connectivity index (χ0) is 14.9. The summed E-state index contributed by atoms with van der Waals surface area (Å²) >= 11 is 12.0. The number of hydrogen-bond donors (Lipinski definition) is 1. The molecular weight excluding hydrogens is 324 g/mol. The van der Waals surface area contributed by atoms with E-state index in [9.17, 15) is 12.8 Å². The van der Waals surface area contributed by atoms with Crippen LogP contribution in [0.5, 0.6) is 0 Å². The molecule has 1 heterocycles. The molecule has 0 aliphatic carbocycles. The van der Waals surface area contributed by atoms with Crippen LogP contribution in [0, 0.1) is 5.82 Å². The quantitative estimate of drug-likeness (QED) is 0.859. The molecule has 3 nitrogen and oxygen atoms in total. The summed E-state index contributed by atoms with van der Waals surface area (Å²) in [5, 5.41) is 3.70. The highest BCUT2D eigenvalue weighted by molar-refractivity contribution is 7.91. The van der Waals surface area contributed by atoms with E-state index in [4.69, 9.17) is 23.2 Å². The van der Waals surface area contributed by atoms with Crippen LogP contribution in [-0.4, -0.2) is 26.0 Å². The summed E-state index contributed by atoms with van der Waals surface area (Å²) in [6, 6.07) is 2.54. The number of hydrogen-bond acceptors (Lipinski definition) is 3. The van der Waals surface area contributed by atoms with E-state index in [0.717, 1.165) is 0 Å². The molecule has 1 aliphatic heterocycles. The first-order chi connectivity index (χ1) is 9.30. The normalized spacial score (nSPS) is 20.8. The van der Waals surface area contributed by atoms with Gasteiger partial charge < -0.3 is 5.32 Å². The minimum atomic E-state index is -2.89. The third-order valence-electron chi connectivity index (χ3n) is 3.55. The van der Waals surface area contributed by atoms with Crippen molar-refractivity contribution in [3.05, 3.63) is 33.6 Å². The van der Waals surface area contributed by atoms with E-state index in [1.54, 1.807) is 0 Å². The molecule has 1 aromatic carbocycles. The number of rotatable bonds is 3. The predicted octanol–water partition coefficient (Wildman–Crippen LogP) is 3.36. The van der Waals surface area contributed by atoms with E-state index in [-0.39, 0.29) is 28.6 Å². The Labute approximate surface area is 128 Å². The van der Waals surface area contributed by atoms with Gasteiger partial charge in [0, 0.05) is 22.7 Å². The van der Waals surface area contributed by atoms with Crippen LogP contribution in [0.25, 0.3) is 0 Å². The van der Waals surface area contributed by atoms with Gasteiger partial charge in [-0.05, 0) is 31.9 Å². The zero-order valence-corrected chi connectivity index (χ0v) is 13.3. The number of benzene rings is 1. The van der Waals surface area contributed by atoms with Crippen LogP contribution in [0.4, 0.5) is 4.39 Å². The lowest BCUT2D eigenvalue weighted by molar-refractivity contribution is 0.419. The summed E-state index contributed by atoms with van der Waals surface area (Å²) in [5.41, 5.74) is 0.516. The third kappa shape index (κ3) is 3.64. The van der Waals surface area contributed by atoms with Crippen LogP contribution in [0.15, 0.2) is 12.1 Å². The number of halogens is 3. The smallest absolute Gasteiger partial charge is 0.150 e. The Bertz CT molecular complexity index is 593. The second-order valence-corrected chi connectivity index (χ2v) is 8.16. The first-order valence-electron chi connectivity index (χ1n) is 6.40. The van der Waals surface area contributed by atoms with Gasteiger partial charge >= 0.3 is 0 Å². The maximum Gasteiger partial charge on any atom is 0.150 e. The molecule has 1 atom stereocenters. The van der Waals surface area contributed by atoms with Crippen molar-refractivity contribution < 1.29 is 12.8 Å². The minimum Gasteiger partial charge on any atom is -0.307 e. The van der Waals surface area contributed by atoms with Crippen LogP contribution in [0.3, 0.4) is 0 Å². The third-order valence-corrected chi connectivity index (χ3v) is 5.98. The molecule has 0 aromatic heterocycles. The first-order valence-corrected chi connectivity index (χ1v) is 8.98. The van der Waals surface area contributed by atoms with Crippen LogP contribution in [0.1, 0.15) is 31.4 Å².